The van der Waals surface area contributed by atoms with E-state index in [-0.39, 0.29) is 41.6 Å². The van der Waals surface area contributed by atoms with Crippen LogP contribution in [-0.4, -0.2) is 78.0 Å². The van der Waals surface area contributed by atoms with Crippen LogP contribution in [0.25, 0.3) is 0 Å². The molecule has 0 saturated carbocycles. The third-order valence-corrected chi connectivity index (χ3v) is 8.35. The second-order valence-electron chi connectivity index (χ2n) is 8.92. The average Bonchev–Trinajstić information content (AvgIpc) is 3.27. The molecule has 0 aliphatic carbocycles. The zero-order valence-corrected chi connectivity index (χ0v) is 21.4. The van der Waals surface area contributed by atoms with E-state index in [0.29, 0.717) is 18.4 Å². The van der Waals surface area contributed by atoms with Crippen molar-refractivity contribution in [1.82, 2.24) is 19.9 Å². The van der Waals surface area contributed by atoms with Crippen molar-refractivity contribution in [2.45, 2.75) is 31.2 Å². The molecule has 1 saturated heterocycles. The van der Waals surface area contributed by atoms with Gasteiger partial charge in [-0.25, -0.2) is 22.5 Å². The predicted molar refractivity (Wildman–Crippen MR) is 134 cm³/mol. The van der Waals surface area contributed by atoms with Gasteiger partial charge in [-0.05, 0) is 30.9 Å². The van der Waals surface area contributed by atoms with Gasteiger partial charge in [-0.2, -0.15) is 0 Å². The molecular formula is C21H26BN5O8S2. The highest BCUT2D eigenvalue weighted by Gasteiger charge is 2.40. The predicted octanol–water partition coefficient (Wildman–Crippen LogP) is -0.608. The molecule has 4 rings (SSSR count). The summed E-state index contributed by atoms with van der Waals surface area (Å²) in [5.41, 5.74) is 6.33. The Hall–Kier alpha value is -3.21. The van der Waals surface area contributed by atoms with E-state index in [1.807, 2.05) is 0 Å². The number of nitrogens with two attached hydrogens (primary N) is 1. The Bertz CT molecular complexity index is 1310. The van der Waals surface area contributed by atoms with E-state index in [1.54, 1.807) is 12.1 Å². The number of benzene rings is 1. The molecule has 198 valence electrons. The van der Waals surface area contributed by atoms with Gasteiger partial charge >= 0.3 is 13.1 Å². The number of hydrogen-bond acceptors (Lipinski definition) is 10. The fourth-order valence-electron chi connectivity index (χ4n) is 4.40. The van der Waals surface area contributed by atoms with Crippen molar-refractivity contribution in [1.29, 1.82) is 0 Å². The fraction of sp³-hybridized carbons (Fsp3) is 0.429. The molecule has 1 aromatic heterocycles. The number of carbonyl (C=O) groups is 3. The number of carbonyl (C=O) groups excluding carboxylic acids is 2. The topological polar surface area (TPSA) is 201 Å². The Balaban J connectivity index is 1.48. The van der Waals surface area contributed by atoms with Crippen LogP contribution < -0.4 is 21.0 Å². The number of carboxylic acids is 1. The minimum atomic E-state index is -3.36. The molecule has 6 N–H and O–H groups in total. The molecule has 0 spiro atoms. The van der Waals surface area contributed by atoms with Gasteiger partial charge in [0.05, 0.1) is 23.5 Å². The summed E-state index contributed by atoms with van der Waals surface area (Å²) in [4.78, 5) is 41.9. The Labute approximate surface area is 217 Å². The number of aromatic carboxylic acids is 1. The van der Waals surface area contributed by atoms with Crippen LogP contribution in [0.15, 0.2) is 23.6 Å². The molecule has 16 heteroatoms. The lowest BCUT2D eigenvalue weighted by Gasteiger charge is -2.31. The van der Waals surface area contributed by atoms with Gasteiger partial charge in [0.15, 0.2) is 11.2 Å². The molecule has 3 heterocycles. The van der Waals surface area contributed by atoms with Gasteiger partial charge < -0.3 is 31.2 Å². The monoisotopic (exact) mass is 551 g/mol. The number of anilines is 1. The third-order valence-electron chi connectivity index (χ3n) is 6.36. The van der Waals surface area contributed by atoms with Gasteiger partial charge in [-0.1, -0.05) is 12.1 Å². The first-order valence-electron chi connectivity index (χ1n) is 11.4. The number of nitrogens with zero attached hydrogens (tertiary/aromatic N) is 2. The second kappa shape index (κ2) is 10.6. The molecule has 13 nitrogen and oxygen atoms in total. The van der Waals surface area contributed by atoms with Crippen LogP contribution in [0.3, 0.4) is 0 Å². The number of nitrogen functional groups attached to an aromatic ring is 1. The number of amides is 2. The third kappa shape index (κ3) is 6.03. The van der Waals surface area contributed by atoms with Crippen molar-refractivity contribution >= 4 is 51.4 Å². The minimum Gasteiger partial charge on any atom is -0.534 e. The molecule has 2 aliphatic rings. The SMILES string of the molecule is CS(=O)(=O)N1CCC(C(=O)NC(C(=O)N[C@H]2Cc3cccc(C(=O)O)c3OB2O)c2csc(N)n2)CC1. The number of carboxylic acid groups (broad SMARTS) is 1. The summed E-state index contributed by atoms with van der Waals surface area (Å²) in [6, 6.07) is 3.30. The Morgan fingerprint density at radius 2 is 2.00 bits per heavy atom. The molecule has 1 unspecified atom stereocenters. The maximum Gasteiger partial charge on any atom is 0.547 e. The van der Waals surface area contributed by atoms with Crippen molar-refractivity contribution in [2.24, 2.45) is 5.92 Å². The number of nitrogens with one attached hydrogen (secondary N) is 2. The van der Waals surface area contributed by atoms with Gasteiger partial charge in [0, 0.05) is 24.4 Å². The lowest BCUT2D eigenvalue weighted by molar-refractivity contribution is -0.132. The summed E-state index contributed by atoms with van der Waals surface area (Å²) < 4.78 is 30.2. The molecule has 0 bridgehead atoms. The molecule has 0 radical (unpaired) electrons. The number of aromatic nitrogens is 1. The lowest BCUT2D eigenvalue weighted by Crippen LogP contribution is -2.56. The van der Waals surface area contributed by atoms with Gasteiger partial charge in [0.2, 0.25) is 21.8 Å². The summed E-state index contributed by atoms with van der Waals surface area (Å²) in [7, 11) is -4.89. The summed E-state index contributed by atoms with van der Waals surface area (Å²) in [5.74, 6) is -3.72. The van der Waals surface area contributed by atoms with Gasteiger partial charge in [-0.15, -0.1) is 11.3 Å². The van der Waals surface area contributed by atoms with E-state index < -0.39 is 52.8 Å². The maximum absolute atomic E-state index is 13.3. The molecule has 1 aromatic carbocycles. The lowest BCUT2D eigenvalue weighted by atomic mass is 9.72. The number of piperidine rings is 1. The summed E-state index contributed by atoms with van der Waals surface area (Å²) in [5, 5.41) is 26.9. The fourth-order valence-corrected chi connectivity index (χ4v) is 5.86. The van der Waals surface area contributed by atoms with E-state index >= 15 is 0 Å². The number of rotatable bonds is 7. The van der Waals surface area contributed by atoms with Crippen LogP contribution in [-0.2, 0) is 26.0 Å². The Morgan fingerprint density at radius 1 is 1.30 bits per heavy atom. The summed E-state index contributed by atoms with van der Waals surface area (Å²) in [6.45, 7) is 0.390. The van der Waals surface area contributed by atoms with Crippen molar-refractivity contribution in [2.75, 3.05) is 25.1 Å². The smallest absolute Gasteiger partial charge is 0.534 e. The van der Waals surface area contributed by atoms with Crippen molar-refractivity contribution in [3.63, 3.8) is 0 Å². The highest BCUT2D eigenvalue weighted by atomic mass is 32.2. The largest absolute Gasteiger partial charge is 0.547 e. The van der Waals surface area contributed by atoms with Crippen LogP contribution in [0, 0.1) is 5.92 Å². The van der Waals surface area contributed by atoms with Crippen molar-refractivity contribution in [3.8, 4) is 5.75 Å². The van der Waals surface area contributed by atoms with E-state index in [1.165, 1.54) is 15.8 Å². The van der Waals surface area contributed by atoms with Crippen LogP contribution in [0.1, 0.15) is 40.5 Å². The van der Waals surface area contributed by atoms with Crippen LogP contribution in [0.4, 0.5) is 5.13 Å². The van der Waals surface area contributed by atoms with Crippen LogP contribution in [0.2, 0.25) is 0 Å². The van der Waals surface area contributed by atoms with E-state index in [2.05, 4.69) is 15.6 Å². The number of sulfonamides is 1. The van der Waals surface area contributed by atoms with Crippen molar-refractivity contribution < 1.29 is 37.6 Å². The summed E-state index contributed by atoms with van der Waals surface area (Å²) >= 11 is 1.09. The Kier molecular flexibility index (Phi) is 7.73. The maximum atomic E-state index is 13.3. The van der Waals surface area contributed by atoms with Gasteiger partial charge in [-0.3, -0.25) is 9.59 Å². The average molecular weight is 551 g/mol. The number of thiazole rings is 1. The highest BCUT2D eigenvalue weighted by molar-refractivity contribution is 7.88. The number of hydrogen-bond donors (Lipinski definition) is 5. The molecular weight excluding hydrogens is 525 g/mol. The first-order valence-corrected chi connectivity index (χ1v) is 14.1. The minimum absolute atomic E-state index is 0.0329. The highest BCUT2D eigenvalue weighted by Crippen LogP contribution is 2.30. The first-order chi connectivity index (χ1) is 17.4. The molecule has 37 heavy (non-hydrogen) atoms. The van der Waals surface area contributed by atoms with Gasteiger partial charge in [0.25, 0.3) is 0 Å². The summed E-state index contributed by atoms with van der Waals surface area (Å²) in [6.07, 6.45) is 1.80. The normalized spacial score (nSPS) is 19.4. The zero-order valence-electron chi connectivity index (χ0n) is 19.8. The molecule has 1 fully saturated rings. The number of fused-ring (bicyclic) bond motifs is 1. The molecule has 2 aromatic rings. The standard InChI is InChI=1S/C21H26BN5O8S2/c1-37(33,34)27-7-5-11(6-8-27)18(28)26-16(14-10-36-21(23)24-14)19(29)25-15-9-12-3-2-4-13(20(30)31)17(12)35-22(15)32/h2-4,10-11,15-16,32H,5-9H2,1H3,(H2,23,24)(H,25,29)(H,26,28)(H,30,31)/t15-,16?/m0/s1. The zero-order chi connectivity index (χ0) is 26.9. The van der Waals surface area contributed by atoms with Crippen LogP contribution in [0.5, 0.6) is 5.75 Å². The molecule has 2 amide bonds. The van der Waals surface area contributed by atoms with E-state index in [4.69, 9.17) is 10.4 Å². The van der Waals surface area contributed by atoms with E-state index in [0.717, 1.165) is 17.6 Å². The molecule has 2 aliphatic heterocycles. The van der Waals surface area contributed by atoms with Crippen molar-refractivity contribution in [3.05, 3.63) is 40.4 Å². The molecule has 2 atom stereocenters. The second-order valence-corrected chi connectivity index (χ2v) is 11.8. The van der Waals surface area contributed by atoms with Gasteiger partial charge in [0.1, 0.15) is 5.75 Å². The van der Waals surface area contributed by atoms with E-state index in [9.17, 15) is 32.9 Å². The quantitative estimate of drug-likeness (QED) is 0.277. The Morgan fingerprint density at radius 3 is 2.59 bits per heavy atom. The number of para-hydroxylation sites is 1. The van der Waals surface area contributed by atoms with Crippen LogP contribution >= 0.6 is 11.3 Å². The first kappa shape index (κ1) is 26.8.